The average Bonchev–Trinajstić information content (AvgIpc) is 2.90. The first-order valence-electron chi connectivity index (χ1n) is 6.23. The van der Waals surface area contributed by atoms with Crippen LogP contribution in [-0.4, -0.2) is 37.1 Å². The summed E-state index contributed by atoms with van der Waals surface area (Å²) in [5, 5.41) is 2.66. The fraction of sp³-hybridized carbons (Fsp3) is 0.462. The lowest BCUT2D eigenvalue weighted by molar-refractivity contribution is -0.120. The molecule has 1 N–H and O–H groups in total. The highest BCUT2D eigenvalue weighted by atomic mass is 35.5. The number of carbonyl (C=O) groups is 1. The van der Waals surface area contributed by atoms with Crippen LogP contribution in [0.4, 0.5) is 5.69 Å². The Morgan fingerprint density at radius 3 is 2.38 bits per heavy atom. The van der Waals surface area contributed by atoms with E-state index in [4.69, 9.17) is 23.2 Å². The minimum absolute atomic E-state index is 0.106. The van der Waals surface area contributed by atoms with E-state index >= 15 is 0 Å². The Balaban J connectivity index is 2.22. The Kier molecular flexibility index (Phi) is 4.04. The normalized spacial score (nSPS) is 23.9. The molecular formula is C13H16Cl2N2O3S. The second kappa shape index (κ2) is 5.12. The first-order chi connectivity index (χ1) is 9.50. The Morgan fingerprint density at radius 1 is 1.33 bits per heavy atom. The van der Waals surface area contributed by atoms with Crippen LogP contribution in [0.15, 0.2) is 29.2 Å². The van der Waals surface area contributed by atoms with Crippen molar-refractivity contribution in [1.29, 1.82) is 0 Å². The van der Waals surface area contributed by atoms with Crippen molar-refractivity contribution in [3.8, 4) is 0 Å². The van der Waals surface area contributed by atoms with Crippen LogP contribution in [0.5, 0.6) is 0 Å². The van der Waals surface area contributed by atoms with Gasteiger partial charge in [-0.15, -0.1) is 23.2 Å². The quantitative estimate of drug-likeness (QED) is 0.848. The summed E-state index contributed by atoms with van der Waals surface area (Å²) < 4.78 is 24.2. The van der Waals surface area contributed by atoms with Crippen LogP contribution in [0, 0.1) is 5.41 Å². The molecule has 1 aliphatic rings. The molecule has 1 unspecified atom stereocenters. The SMILES string of the molecule is CN(C)S(=O)(=O)c1cccc(NC(=O)C2(C)CC2(Cl)Cl)c1. The third-order valence-corrected chi connectivity index (χ3v) is 6.54. The predicted octanol–water partition coefficient (Wildman–Crippen LogP) is 2.46. The second-order valence-electron chi connectivity index (χ2n) is 5.48. The van der Waals surface area contributed by atoms with E-state index in [0.717, 1.165) is 4.31 Å². The maximum absolute atomic E-state index is 12.2. The molecule has 1 aromatic carbocycles. The Bertz CT molecular complexity index is 688. The number of halogens is 2. The second-order valence-corrected chi connectivity index (χ2v) is 9.12. The van der Waals surface area contributed by atoms with Crippen molar-refractivity contribution in [1.82, 2.24) is 4.31 Å². The number of carbonyl (C=O) groups excluding carboxylic acids is 1. The molecule has 21 heavy (non-hydrogen) atoms. The van der Waals surface area contributed by atoms with Gasteiger partial charge in [0, 0.05) is 19.8 Å². The van der Waals surface area contributed by atoms with Gasteiger partial charge in [0.15, 0.2) is 0 Å². The molecular weight excluding hydrogens is 335 g/mol. The zero-order chi connectivity index (χ0) is 16.1. The lowest BCUT2D eigenvalue weighted by Crippen LogP contribution is -2.26. The Morgan fingerprint density at radius 2 is 1.90 bits per heavy atom. The summed E-state index contributed by atoms with van der Waals surface area (Å²) in [5.74, 6) is -0.327. The van der Waals surface area contributed by atoms with Crippen molar-refractivity contribution in [2.75, 3.05) is 19.4 Å². The van der Waals surface area contributed by atoms with E-state index in [0.29, 0.717) is 12.1 Å². The van der Waals surface area contributed by atoms with Crippen LogP contribution in [0.1, 0.15) is 13.3 Å². The van der Waals surface area contributed by atoms with Gasteiger partial charge in [0.2, 0.25) is 15.9 Å². The number of hydrogen-bond donors (Lipinski definition) is 1. The standard InChI is InChI=1S/C13H16Cl2N2O3S/c1-12(8-13(12,14)15)11(18)16-9-5-4-6-10(7-9)21(19,20)17(2)3/h4-7H,8H2,1-3H3,(H,16,18). The topological polar surface area (TPSA) is 66.5 Å². The molecule has 1 saturated carbocycles. The minimum Gasteiger partial charge on any atom is -0.325 e. The van der Waals surface area contributed by atoms with E-state index in [9.17, 15) is 13.2 Å². The fourth-order valence-corrected chi connectivity index (χ4v) is 3.51. The van der Waals surface area contributed by atoms with Gasteiger partial charge >= 0.3 is 0 Å². The molecule has 1 fully saturated rings. The number of amides is 1. The molecule has 0 bridgehead atoms. The molecule has 2 rings (SSSR count). The molecule has 0 aromatic heterocycles. The van der Waals surface area contributed by atoms with Crippen molar-refractivity contribution >= 4 is 44.8 Å². The molecule has 1 aliphatic carbocycles. The summed E-state index contributed by atoms with van der Waals surface area (Å²) >= 11 is 11.9. The van der Waals surface area contributed by atoms with E-state index in [2.05, 4.69) is 5.32 Å². The van der Waals surface area contributed by atoms with Gasteiger partial charge in [0.25, 0.3) is 0 Å². The summed E-state index contributed by atoms with van der Waals surface area (Å²) in [7, 11) is -0.657. The number of hydrogen-bond acceptors (Lipinski definition) is 3. The van der Waals surface area contributed by atoms with Crippen molar-refractivity contribution in [2.45, 2.75) is 22.6 Å². The summed E-state index contributed by atoms with van der Waals surface area (Å²) in [6.07, 6.45) is 0.366. The number of alkyl halides is 2. The Labute approximate surface area is 134 Å². The molecule has 0 aliphatic heterocycles. The summed E-state index contributed by atoms with van der Waals surface area (Å²) in [4.78, 5) is 12.3. The highest BCUT2D eigenvalue weighted by molar-refractivity contribution is 7.89. The first kappa shape index (κ1) is 16.5. The molecule has 0 saturated heterocycles. The molecule has 116 valence electrons. The third kappa shape index (κ3) is 2.90. The van der Waals surface area contributed by atoms with Gasteiger partial charge in [-0.2, -0.15) is 0 Å². The fourth-order valence-electron chi connectivity index (χ4n) is 1.86. The van der Waals surface area contributed by atoms with Crippen LogP contribution < -0.4 is 5.32 Å². The summed E-state index contributed by atoms with van der Waals surface area (Å²) in [6.45, 7) is 1.67. The monoisotopic (exact) mass is 350 g/mol. The van der Waals surface area contributed by atoms with Gasteiger partial charge in [0.1, 0.15) is 4.33 Å². The van der Waals surface area contributed by atoms with Gasteiger partial charge in [0.05, 0.1) is 10.3 Å². The average molecular weight is 351 g/mol. The molecule has 0 heterocycles. The van der Waals surface area contributed by atoms with E-state index in [1.54, 1.807) is 19.1 Å². The van der Waals surface area contributed by atoms with Gasteiger partial charge in [-0.3, -0.25) is 4.79 Å². The molecule has 1 amide bonds. The first-order valence-corrected chi connectivity index (χ1v) is 8.42. The van der Waals surface area contributed by atoms with Gasteiger partial charge in [-0.25, -0.2) is 12.7 Å². The highest BCUT2D eigenvalue weighted by Crippen LogP contribution is 2.64. The van der Waals surface area contributed by atoms with E-state index in [-0.39, 0.29) is 10.8 Å². The third-order valence-electron chi connectivity index (χ3n) is 3.63. The van der Waals surface area contributed by atoms with Gasteiger partial charge in [-0.1, -0.05) is 6.07 Å². The highest BCUT2D eigenvalue weighted by Gasteiger charge is 2.67. The van der Waals surface area contributed by atoms with E-state index < -0.39 is 19.8 Å². The van der Waals surface area contributed by atoms with Crippen molar-refractivity contribution in [3.63, 3.8) is 0 Å². The summed E-state index contributed by atoms with van der Waals surface area (Å²) in [5.41, 5.74) is -0.466. The maximum atomic E-state index is 12.2. The number of sulfonamides is 1. The Hall–Kier alpha value is -0.820. The zero-order valence-electron chi connectivity index (χ0n) is 11.9. The van der Waals surface area contributed by atoms with Gasteiger partial charge in [-0.05, 0) is 31.5 Å². The van der Waals surface area contributed by atoms with Crippen molar-refractivity contribution < 1.29 is 13.2 Å². The zero-order valence-corrected chi connectivity index (χ0v) is 14.2. The number of benzene rings is 1. The van der Waals surface area contributed by atoms with Crippen LogP contribution in [0.2, 0.25) is 0 Å². The van der Waals surface area contributed by atoms with Crippen LogP contribution in [0.25, 0.3) is 0 Å². The predicted molar refractivity (Wildman–Crippen MR) is 83.1 cm³/mol. The molecule has 0 spiro atoms. The molecule has 0 radical (unpaired) electrons. The number of rotatable bonds is 4. The van der Waals surface area contributed by atoms with Crippen LogP contribution in [-0.2, 0) is 14.8 Å². The smallest absolute Gasteiger partial charge is 0.242 e. The van der Waals surface area contributed by atoms with Crippen molar-refractivity contribution in [2.24, 2.45) is 5.41 Å². The number of nitrogens with zero attached hydrogens (tertiary/aromatic N) is 1. The molecule has 8 heteroatoms. The molecule has 5 nitrogen and oxygen atoms in total. The van der Waals surface area contributed by atoms with Crippen molar-refractivity contribution in [3.05, 3.63) is 24.3 Å². The van der Waals surface area contributed by atoms with Crippen LogP contribution in [0.3, 0.4) is 0 Å². The molecule has 1 aromatic rings. The lowest BCUT2D eigenvalue weighted by atomic mass is 10.1. The largest absolute Gasteiger partial charge is 0.325 e. The maximum Gasteiger partial charge on any atom is 0.242 e. The summed E-state index contributed by atoms with van der Waals surface area (Å²) in [6, 6.07) is 6.05. The van der Waals surface area contributed by atoms with E-state index in [1.807, 2.05) is 0 Å². The lowest BCUT2D eigenvalue weighted by Gasteiger charge is -2.15. The van der Waals surface area contributed by atoms with Crippen LogP contribution >= 0.6 is 23.2 Å². The van der Waals surface area contributed by atoms with Gasteiger partial charge < -0.3 is 5.32 Å². The minimum atomic E-state index is -3.55. The van der Waals surface area contributed by atoms with E-state index in [1.165, 1.54) is 26.2 Å². The number of anilines is 1. The number of nitrogens with one attached hydrogen (secondary N) is 1. The molecule has 1 atom stereocenters.